The van der Waals surface area contributed by atoms with Crippen LogP contribution in [0.15, 0.2) is 17.0 Å². The summed E-state index contributed by atoms with van der Waals surface area (Å²) in [7, 11) is -3.60. The van der Waals surface area contributed by atoms with Crippen LogP contribution in [0.2, 0.25) is 0 Å². The topological polar surface area (TPSA) is 91.3 Å². The Morgan fingerprint density at radius 1 is 1.08 bits per heavy atom. The quantitative estimate of drug-likeness (QED) is 0.857. The molecule has 3 rings (SSSR count). The molecule has 2 aromatic heterocycles. The predicted octanol–water partition coefficient (Wildman–Crippen LogP) is 0.978. The summed E-state index contributed by atoms with van der Waals surface area (Å²) in [6.45, 7) is 8.99. The minimum atomic E-state index is -3.60. The van der Waals surface area contributed by atoms with Crippen LogP contribution < -0.4 is 0 Å². The summed E-state index contributed by atoms with van der Waals surface area (Å²) < 4.78 is 29.2. The first kappa shape index (κ1) is 18.7. The van der Waals surface area contributed by atoms with Gasteiger partial charge in [0, 0.05) is 37.6 Å². The van der Waals surface area contributed by atoms with Crippen LogP contribution in [0.1, 0.15) is 22.8 Å². The molecule has 1 aliphatic rings. The van der Waals surface area contributed by atoms with Gasteiger partial charge in [-0.2, -0.15) is 9.40 Å². The Balaban J connectivity index is 1.67. The van der Waals surface area contributed by atoms with Gasteiger partial charge in [0.1, 0.15) is 11.4 Å². The average Bonchev–Trinajstić information content (AvgIpc) is 3.11. The fourth-order valence-corrected chi connectivity index (χ4v) is 5.17. The first-order chi connectivity index (χ1) is 12.2. The molecule has 1 aliphatic heterocycles. The van der Waals surface area contributed by atoms with Crippen LogP contribution in [0.4, 0.5) is 0 Å². The van der Waals surface area contributed by atoms with E-state index in [-0.39, 0.29) is 17.3 Å². The summed E-state index contributed by atoms with van der Waals surface area (Å²) in [5.74, 6) is 0.0140. The molecule has 1 amide bonds. The lowest BCUT2D eigenvalue weighted by Crippen LogP contribution is -2.51. The minimum absolute atomic E-state index is 0.0140. The van der Waals surface area contributed by atoms with Crippen LogP contribution >= 0.6 is 0 Å². The summed E-state index contributed by atoms with van der Waals surface area (Å²) in [5.41, 5.74) is 3.10. The van der Waals surface area contributed by atoms with E-state index in [9.17, 15) is 13.2 Å². The maximum Gasteiger partial charge on any atom is 0.246 e. The van der Waals surface area contributed by atoms with Crippen molar-refractivity contribution in [1.29, 1.82) is 0 Å². The van der Waals surface area contributed by atoms with Crippen molar-refractivity contribution in [2.75, 3.05) is 26.2 Å². The highest BCUT2D eigenvalue weighted by molar-refractivity contribution is 7.89. The molecule has 9 heteroatoms. The SMILES string of the molecule is Cc1n[nH]c(C)c1S(=O)(=O)N1CCN(C(=O)Cn2c(C)ccc2C)CC1. The van der Waals surface area contributed by atoms with Crippen LogP contribution in [-0.4, -0.2) is 64.5 Å². The molecule has 0 radical (unpaired) electrons. The molecule has 1 saturated heterocycles. The van der Waals surface area contributed by atoms with Gasteiger partial charge < -0.3 is 9.47 Å². The van der Waals surface area contributed by atoms with Gasteiger partial charge >= 0.3 is 0 Å². The number of rotatable bonds is 4. The van der Waals surface area contributed by atoms with Crippen molar-refractivity contribution in [2.24, 2.45) is 0 Å². The lowest BCUT2D eigenvalue weighted by molar-refractivity contribution is -0.133. The van der Waals surface area contributed by atoms with Gasteiger partial charge in [0.15, 0.2) is 0 Å². The van der Waals surface area contributed by atoms with Crippen molar-refractivity contribution in [3.63, 3.8) is 0 Å². The molecule has 142 valence electrons. The van der Waals surface area contributed by atoms with E-state index in [1.165, 1.54) is 4.31 Å². The molecule has 2 aromatic rings. The first-order valence-electron chi connectivity index (χ1n) is 8.64. The van der Waals surface area contributed by atoms with Crippen LogP contribution in [0.25, 0.3) is 0 Å². The van der Waals surface area contributed by atoms with Gasteiger partial charge in [-0.1, -0.05) is 0 Å². The van der Waals surface area contributed by atoms with Crippen LogP contribution in [0.3, 0.4) is 0 Å². The van der Waals surface area contributed by atoms with Crippen molar-refractivity contribution in [3.05, 3.63) is 34.9 Å². The Bertz CT molecular complexity index is 881. The number of amides is 1. The fraction of sp³-hybridized carbons (Fsp3) is 0.529. The maximum absolute atomic E-state index is 12.9. The number of aromatic nitrogens is 3. The van der Waals surface area contributed by atoms with Crippen LogP contribution in [0, 0.1) is 27.7 Å². The van der Waals surface area contributed by atoms with E-state index in [1.807, 2.05) is 30.5 Å². The Morgan fingerprint density at radius 3 is 2.15 bits per heavy atom. The highest BCUT2D eigenvalue weighted by Crippen LogP contribution is 2.22. The first-order valence-corrected chi connectivity index (χ1v) is 10.1. The van der Waals surface area contributed by atoms with Gasteiger partial charge in [-0.3, -0.25) is 9.89 Å². The Hall–Kier alpha value is -2.13. The number of carbonyl (C=O) groups is 1. The third-order valence-corrected chi connectivity index (χ3v) is 7.12. The Morgan fingerprint density at radius 2 is 1.65 bits per heavy atom. The fourth-order valence-electron chi connectivity index (χ4n) is 3.41. The largest absolute Gasteiger partial charge is 0.340 e. The van der Waals surface area contributed by atoms with Crippen LogP contribution in [-0.2, 0) is 21.4 Å². The summed E-state index contributed by atoms with van der Waals surface area (Å²) in [5, 5.41) is 6.70. The molecule has 0 atom stereocenters. The molecule has 0 saturated carbocycles. The zero-order valence-corrected chi connectivity index (χ0v) is 16.4. The number of piperazine rings is 1. The van der Waals surface area contributed by atoms with E-state index in [2.05, 4.69) is 10.2 Å². The number of H-pyrrole nitrogens is 1. The zero-order chi connectivity index (χ0) is 19.1. The molecule has 1 fully saturated rings. The van der Waals surface area contributed by atoms with Gasteiger partial charge in [0.25, 0.3) is 0 Å². The van der Waals surface area contributed by atoms with Gasteiger partial charge in [0.05, 0.1) is 11.4 Å². The third kappa shape index (κ3) is 3.28. The van der Waals surface area contributed by atoms with E-state index >= 15 is 0 Å². The highest BCUT2D eigenvalue weighted by atomic mass is 32.2. The van der Waals surface area contributed by atoms with Gasteiger partial charge in [-0.15, -0.1) is 0 Å². The number of aryl methyl sites for hydroxylation is 4. The van der Waals surface area contributed by atoms with Gasteiger partial charge in [-0.05, 0) is 39.8 Å². The number of nitrogens with one attached hydrogen (secondary N) is 1. The highest BCUT2D eigenvalue weighted by Gasteiger charge is 2.33. The molecular weight excluding hydrogens is 354 g/mol. The second kappa shape index (κ2) is 6.88. The standard InChI is InChI=1S/C17H25N5O3S/c1-12-5-6-13(2)22(12)11-16(23)20-7-9-21(10-8-20)26(24,25)17-14(3)18-19-15(17)4/h5-6H,7-11H2,1-4H3,(H,18,19). The molecule has 8 nitrogen and oxygen atoms in total. The summed E-state index contributed by atoms with van der Waals surface area (Å²) >= 11 is 0. The van der Waals surface area contributed by atoms with Gasteiger partial charge in [0.2, 0.25) is 15.9 Å². The summed E-state index contributed by atoms with van der Waals surface area (Å²) in [6.07, 6.45) is 0. The molecule has 0 unspecified atom stereocenters. The van der Waals surface area contributed by atoms with E-state index in [0.29, 0.717) is 37.6 Å². The summed E-state index contributed by atoms with van der Waals surface area (Å²) in [6, 6.07) is 3.98. The average molecular weight is 379 g/mol. The van der Waals surface area contributed by atoms with Crippen LogP contribution in [0.5, 0.6) is 0 Å². The Labute approximate surface area is 153 Å². The van der Waals surface area contributed by atoms with Crippen molar-refractivity contribution in [1.82, 2.24) is 24.0 Å². The smallest absolute Gasteiger partial charge is 0.246 e. The van der Waals surface area contributed by atoms with Crippen molar-refractivity contribution in [2.45, 2.75) is 39.1 Å². The molecule has 0 aliphatic carbocycles. The number of carbonyl (C=O) groups excluding carboxylic acids is 1. The molecule has 26 heavy (non-hydrogen) atoms. The molecule has 3 heterocycles. The van der Waals surface area contributed by atoms with E-state index < -0.39 is 10.0 Å². The Kier molecular flexibility index (Phi) is 4.94. The normalized spacial score (nSPS) is 16.2. The maximum atomic E-state index is 12.9. The number of hydrogen-bond acceptors (Lipinski definition) is 4. The van der Waals surface area contributed by atoms with Crippen molar-refractivity contribution in [3.8, 4) is 0 Å². The van der Waals surface area contributed by atoms with Crippen molar-refractivity contribution >= 4 is 15.9 Å². The predicted molar refractivity (Wildman–Crippen MR) is 97.3 cm³/mol. The van der Waals surface area contributed by atoms with E-state index in [4.69, 9.17) is 0 Å². The molecule has 0 aromatic carbocycles. The second-order valence-corrected chi connectivity index (χ2v) is 8.63. The number of aromatic amines is 1. The van der Waals surface area contributed by atoms with E-state index in [0.717, 1.165) is 11.4 Å². The lowest BCUT2D eigenvalue weighted by Gasteiger charge is -2.34. The molecular formula is C17H25N5O3S. The molecule has 0 spiro atoms. The van der Waals surface area contributed by atoms with Gasteiger partial charge in [-0.25, -0.2) is 8.42 Å². The minimum Gasteiger partial charge on any atom is -0.340 e. The monoisotopic (exact) mass is 379 g/mol. The number of sulfonamides is 1. The van der Waals surface area contributed by atoms with Crippen molar-refractivity contribution < 1.29 is 13.2 Å². The zero-order valence-electron chi connectivity index (χ0n) is 15.6. The van der Waals surface area contributed by atoms with E-state index in [1.54, 1.807) is 18.7 Å². The lowest BCUT2D eigenvalue weighted by atomic mass is 10.3. The number of hydrogen-bond donors (Lipinski definition) is 1. The summed E-state index contributed by atoms with van der Waals surface area (Å²) in [4.78, 5) is 14.6. The molecule has 1 N–H and O–H groups in total. The number of nitrogens with zero attached hydrogens (tertiary/aromatic N) is 4. The second-order valence-electron chi connectivity index (χ2n) is 6.75. The third-order valence-electron chi connectivity index (χ3n) is 4.96. The molecule has 0 bridgehead atoms.